The highest BCUT2D eigenvalue weighted by Gasteiger charge is 2.15. The minimum atomic E-state index is -0.756. The van der Waals surface area contributed by atoms with E-state index in [0.29, 0.717) is 5.75 Å². The van der Waals surface area contributed by atoms with Crippen LogP contribution in [0.15, 0.2) is 36.4 Å². The second-order valence-corrected chi connectivity index (χ2v) is 4.93. The maximum absolute atomic E-state index is 13.5. The smallest absolute Gasteiger partial charge is 0.189 e. The molecule has 0 heterocycles. The van der Waals surface area contributed by atoms with Crippen LogP contribution in [0.3, 0.4) is 0 Å². The molecule has 0 spiro atoms. The van der Waals surface area contributed by atoms with Gasteiger partial charge in [-0.3, -0.25) is 4.79 Å². The zero-order valence-corrected chi connectivity index (χ0v) is 13.2. The van der Waals surface area contributed by atoms with Gasteiger partial charge in [0.25, 0.3) is 0 Å². The van der Waals surface area contributed by atoms with Gasteiger partial charge in [0.2, 0.25) is 0 Å². The fourth-order valence-electron chi connectivity index (χ4n) is 1.97. The first-order chi connectivity index (χ1) is 11.0. The summed E-state index contributed by atoms with van der Waals surface area (Å²) >= 11 is 5.99. The number of allylic oxidation sites excluding steroid dienone is 1. The highest BCUT2D eigenvalue weighted by Crippen LogP contribution is 2.33. The molecule has 0 aliphatic heterocycles. The molecule has 0 amide bonds. The molecule has 0 radical (unpaired) electrons. The summed E-state index contributed by atoms with van der Waals surface area (Å²) in [6.45, 7) is 0. The molecular weight excluding hydrogens is 326 g/mol. The first-order valence-corrected chi connectivity index (χ1v) is 6.93. The predicted molar refractivity (Wildman–Crippen MR) is 84.3 cm³/mol. The summed E-state index contributed by atoms with van der Waals surface area (Å²) in [7, 11) is 2.82. The monoisotopic (exact) mass is 338 g/mol. The first-order valence-electron chi connectivity index (χ1n) is 6.56. The molecule has 2 aromatic rings. The van der Waals surface area contributed by atoms with Gasteiger partial charge >= 0.3 is 0 Å². The summed E-state index contributed by atoms with van der Waals surface area (Å²) < 4.78 is 37.3. The average molecular weight is 339 g/mol. The van der Waals surface area contributed by atoms with Gasteiger partial charge < -0.3 is 9.47 Å². The summed E-state index contributed by atoms with van der Waals surface area (Å²) in [6.07, 6.45) is 2.13. The second-order valence-electron chi connectivity index (χ2n) is 4.52. The molecule has 0 aliphatic rings. The first kappa shape index (κ1) is 17.0. The van der Waals surface area contributed by atoms with Gasteiger partial charge in [-0.2, -0.15) is 0 Å². The van der Waals surface area contributed by atoms with Gasteiger partial charge in [0.05, 0.1) is 24.8 Å². The van der Waals surface area contributed by atoms with Crippen molar-refractivity contribution in [1.82, 2.24) is 0 Å². The van der Waals surface area contributed by atoms with Gasteiger partial charge in [0.1, 0.15) is 23.1 Å². The van der Waals surface area contributed by atoms with E-state index in [4.69, 9.17) is 21.1 Å². The number of hydrogen-bond donors (Lipinski definition) is 0. The SMILES string of the molecule is COc1cc(OC)c(C(=O)/C=C/c2c(F)cccc2F)cc1Cl. The largest absolute Gasteiger partial charge is 0.496 e. The number of methoxy groups -OCH3 is 2. The quantitative estimate of drug-likeness (QED) is 0.593. The van der Waals surface area contributed by atoms with Crippen molar-refractivity contribution in [1.29, 1.82) is 0 Å². The number of ketones is 1. The summed E-state index contributed by atoms with van der Waals surface area (Å²) in [5.74, 6) is -1.42. The van der Waals surface area contributed by atoms with Gasteiger partial charge in [-0.1, -0.05) is 17.7 Å². The Hall–Kier alpha value is -2.40. The zero-order valence-electron chi connectivity index (χ0n) is 12.4. The molecule has 2 rings (SSSR count). The third kappa shape index (κ3) is 3.68. The van der Waals surface area contributed by atoms with Crippen LogP contribution in [0.2, 0.25) is 5.02 Å². The Morgan fingerprint density at radius 1 is 1.09 bits per heavy atom. The lowest BCUT2D eigenvalue weighted by Gasteiger charge is -2.10. The van der Waals surface area contributed by atoms with Crippen LogP contribution < -0.4 is 9.47 Å². The second kappa shape index (κ2) is 7.24. The summed E-state index contributed by atoms with van der Waals surface area (Å²) in [5.41, 5.74) is -0.134. The Morgan fingerprint density at radius 3 is 2.26 bits per heavy atom. The standard InChI is InChI=1S/C17H13ClF2O3/c1-22-16-9-17(23-2)12(18)8-11(16)15(21)7-6-10-13(19)4-3-5-14(10)20/h3-9H,1-2H3/b7-6+. The van der Waals surface area contributed by atoms with Gasteiger partial charge in [-0.15, -0.1) is 0 Å². The normalized spacial score (nSPS) is 10.8. The number of rotatable bonds is 5. The average Bonchev–Trinajstić information content (AvgIpc) is 2.53. The molecule has 0 saturated heterocycles. The minimum absolute atomic E-state index is 0.159. The highest BCUT2D eigenvalue weighted by molar-refractivity contribution is 6.32. The predicted octanol–water partition coefficient (Wildman–Crippen LogP) is 4.53. The van der Waals surface area contributed by atoms with Gasteiger partial charge in [0.15, 0.2) is 5.78 Å². The molecule has 23 heavy (non-hydrogen) atoms. The Labute approximate surface area is 137 Å². The fourth-order valence-corrected chi connectivity index (χ4v) is 2.21. The van der Waals surface area contributed by atoms with Crippen molar-refractivity contribution in [3.05, 3.63) is 64.2 Å². The molecule has 0 aliphatic carbocycles. The number of benzene rings is 2. The third-order valence-corrected chi connectivity index (χ3v) is 3.44. The van der Waals surface area contributed by atoms with Crippen LogP contribution in [0.5, 0.6) is 11.5 Å². The van der Waals surface area contributed by atoms with E-state index >= 15 is 0 Å². The zero-order chi connectivity index (χ0) is 17.0. The summed E-state index contributed by atoms with van der Waals surface area (Å²) in [4.78, 5) is 12.3. The Bertz CT molecular complexity index is 752. The van der Waals surface area contributed by atoms with E-state index in [1.54, 1.807) is 0 Å². The van der Waals surface area contributed by atoms with Gasteiger partial charge in [-0.25, -0.2) is 8.78 Å². The summed E-state index contributed by atoms with van der Waals surface area (Å²) in [6, 6.07) is 6.31. The molecular formula is C17H13ClF2O3. The molecule has 0 N–H and O–H groups in total. The Kier molecular flexibility index (Phi) is 5.34. The van der Waals surface area contributed by atoms with Crippen LogP contribution in [0, 0.1) is 11.6 Å². The minimum Gasteiger partial charge on any atom is -0.496 e. The molecule has 6 heteroatoms. The number of halogens is 3. The molecule has 0 atom stereocenters. The van der Waals surface area contributed by atoms with Crippen LogP contribution in [0.25, 0.3) is 6.08 Å². The van der Waals surface area contributed by atoms with Crippen molar-refractivity contribution in [2.75, 3.05) is 14.2 Å². The van der Waals surface area contributed by atoms with Gasteiger partial charge in [0, 0.05) is 11.6 Å². The van der Waals surface area contributed by atoms with Crippen molar-refractivity contribution >= 4 is 23.5 Å². The number of hydrogen-bond acceptors (Lipinski definition) is 3. The van der Waals surface area contributed by atoms with Crippen LogP contribution in [0.1, 0.15) is 15.9 Å². The van der Waals surface area contributed by atoms with Crippen molar-refractivity contribution in [2.24, 2.45) is 0 Å². The maximum Gasteiger partial charge on any atom is 0.189 e. The molecule has 0 aromatic heterocycles. The van der Waals surface area contributed by atoms with Crippen LogP contribution >= 0.6 is 11.6 Å². The van der Waals surface area contributed by atoms with Crippen molar-refractivity contribution in [3.63, 3.8) is 0 Å². The molecule has 0 bridgehead atoms. The van der Waals surface area contributed by atoms with E-state index in [2.05, 4.69) is 0 Å². The van der Waals surface area contributed by atoms with E-state index in [1.165, 1.54) is 32.4 Å². The topological polar surface area (TPSA) is 35.5 Å². The van der Waals surface area contributed by atoms with Crippen molar-refractivity contribution in [2.45, 2.75) is 0 Å². The summed E-state index contributed by atoms with van der Waals surface area (Å²) in [5, 5.41) is 0.224. The third-order valence-electron chi connectivity index (χ3n) is 3.14. The molecule has 0 unspecified atom stereocenters. The molecule has 3 nitrogen and oxygen atoms in total. The van der Waals surface area contributed by atoms with Crippen LogP contribution in [-0.2, 0) is 0 Å². The van der Waals surface area contributed by atoms with Gasteiger partial charge in [-0.05, 0) is 30.4 Å². The highest BCUT2D eigenvalue weighted by atomic mass is 35.5. The van der Waals surface area contributed by atoms with E-state index < -0.39 is 17.4 Å². The van der Waals surface area contributed by atoms with Crippen LogP contribution in [-0.4, -0.2) is 20.0 Å². The fraction of sp³-hybridized carbons (Fsp3) is 0.118. The molecule has 2 aromatic carbocycles. The lowest BCUT2D eigenvalue weighted by molar-refractivity contribution is 0.104. The molecule has 0 fully saturated rings. The maximum atomic E-state index is 13.5. The molecule has 0 saturated carbocycles. The van der Waals surface area contributed by atoms with E-state index in [-0.39, 0.29) is 21.9 Å². The van der Waals surface area contributed by atoms with E-state index in [1.807, 2.05) is 0 Å². The van der Waals surface area contributed by atoms with Crippen molar-refractivity contribution in [3.8, 4) is 11.5 Å². The molecule has 120 valence electrons. The Balaban J connectivity index is 2.38. The van der Waals surface area contributed by atoms with E-state index in [0.717, 1.165) is 24.3 Å². The number of carbonyl (C=O) groups excluding carboxylic acids is 1. The lowest BCUT2D eigenvalue weighted by Crippen LogP contribution is -2.00. The Morgan fingerprint density at radius 2 is 1.70 bits per heavy atom. The van der Waals surface area contributed by atoms with E-state index in [9.17, 15) is 13.6 Å². The van der Waals surface area contributed by atoms with Crippen LogP contribution in [0.4, 0.5) is 8.78 Å². The lowest BCUT2D eigenvalue weighted by atomic mass is 10.1. The van der Waals surface area contributed by atoms with Crippen molar-refractivity contribution < 1.29 is 23.0 Å². The number of carbonyl (C=O) groups is 1. The number of ether oxygens (including phenoxy) is 2.